The molecule has 1 heterocycles. The fourth-order valence-corrected chi connectivity index (χ4v) is 3.68. The van der Waals surface area contributed by atoms with Gasteiger partial charge >= 0.3 is 0 Å². The molecule has 2 aromatic rings. The first kappa shape index (κ1) is 19.2. The van der Waals surface area contributed by atoms with E-state index in [1.165, 1.54) is 0 Å². The first-order valence-electron chi connectivity index (χ1n) is 10.4. The summed E-state index contributed by atoms with van der Waals surface area (Å²) in [6, 6.07) is 13.8. The average molecular weight is 389 g/mol. The van der Waals surface area contributed by atoms with Crippen LogP contribution in [0.4, 0.5) is 5.69 Å². The third-order valence-electron chi connectivity index (χ3n) is 5.34. The van der Waals surface area contributed by atoms with Crippen molar-refractivity contribution >= 4 is 27.6 Å². The molecule has 4 rings (SSSR count). The highest BCUT2D eigenvalue weighted by atomic mass is 16.5. The maximum atomic E-state index is 8.48. The number of benzene rings is 3. The van der Waals surface area contributed by atoms with Crippen LogP contribution in [0.5, 0.6) is 5.75 Å². The predicted molar refractivity (Wildman–Crippen MR) is 118 cm³/mol. The molecular weight excluding hydrogens is 362 g/mol. The van der Waals surface area contributed by atoms with E-state index in [0.29, 0.717) is 17.7 Å². The molecular formula is C24H27N3O2. The summed E-state index contributed by atoms with van der Waals surface area (Å²) in [5, 5.41) is 10.6. The minimum atomic E-state index is 0.415. The molecule has 1 aliphatic heterocycles. The van der Waals surface area contributed by atoms with Gasteiger partial charge < -0.3 is 19.5 Å². The molecule has 0 unspecified atom stereocenters. The van der Waals surface area contributed by atoms with Crippen LogP contribution in [0, 0.1) is 5.41 Å². The molecule has 1 aliphatic carbocycles. The van der Waals surface area contributed by atoms with Gasteiger partial charge in [0.25, 0.3) is 0 Å². The van der Waals surface area contributed by atoms with Crippen LogP contribution in [0.15, 0.2) is 46.9 Å². The Bertz CT molecular complexity index is 1180. The molecule has 150 valence electrons. The smallest absolute Gasteiger partial charge is 0.155 e. The van der Waals surface area contributed by atoms with Crippen molar-refractivity contribution in [2.45, 2.75) is 33.6 Å². The number of anilines is 1. The molecule has 0 bridgehead atoms. The summed E-state index contributed by atoms with van der Waals surface area (Å²) in [6.07, 6.45) is 2.11. The standard InChI is InChI=1S/C24H27N3O2/c1-4-7-12-28-17-9-10-18-19(14-17)20(25)15-23-24(18)26-21-11-8-16(13-22(21)29-23)27(5-2)6-3/h8-11,13-15,25H,4-7,12H2,1-3H3. The van der Waals surface area contributed by atoms with Gasteiger partial charge in [-0.3, -0.25) is 0 Å². The van der Waals surface area contributed by atoms with Gasteiger partial charge in [0.2, 0.25) is 0 Å². The zero-order valence-corrected chi connectivity index (χ0v) is 17.3. The van der Waals surface area contributed by atoms with Crippen molar-refractivity contribution in [3.05, 3.63) is 47.8 Å². The first-order chi connectivity index (χ1) is 14.1. The summed E-state index contributed by atoms with van der Waals surface area (Å²) >= 11 is 0. The summed E-state index contributed by atoms with van der Waals surface area (Å²) < 4.78 is 12.0. The molecule has 0 amide bonds. The Morgan fingerprint density at radius 1 is 1.00 bits per heavy atom. The van der Waals surface area contributed by atoms with E-state index in [1.807, 2.05) is 30.3 Å². The zero-order valence-electron chi connectivity index (χ0n) is 17.3. The van der Waals surface area contributed by atoms with E-state index in [0.717, 1.165) is 64.9 Å². The van der Waals surface area contributed by atoms with E-state index in [2.05, 4.69) is 31.7 Å². The van der Waals surface area contributed by atoms with Crippen molar-refractivity contribution in [3.8, 4) is 17.2 Å². The maximum Gasteiger partial charge on any atom is 0.155 e. The van der Waals surface area contributed by atoms with Crippen molar-refractivity contribution in [3.63, 3.8) is 0 Å². The predicted octanol–water partition coefficient (Wildman–Crippen LogP) is 5.59. The second-order valence-electron chi connectivity index (χ2n) is 7.22. The summed E-state index contributed by atoms with van der Waals surface area (Å²) in [5.41, 5.74) is 3.45. The van der Waals surface area contributed by atoms with E-state index >= 15 is 0 Å². The number of nitrogens with zero attached hydrogens (tertiary/aromatic N) is 2. The second kappa shape index (κ2) is 8.11. The molecule has 1 N–H and O–H groups in total. The molecule has 2 aromatic carbocycles. The summed E-state index contributed by atoms with van der Waals surface area (Å²) in [6.45, 7) is 8.99. The number of rotatable bonds is 7. The highest BCUT2D eigenvalue weighted by molar-refractivity contribution is 5.97. The molecule has 5 heteroatoms. The van der Waals surface area contributed by atoms with Crippen molar-refractivity contribution in [1.29, 1.82) is 5.41 Å². The second-order valence-corrected chi connectivity index (χ2v) is 7.22. The van der Waals surface area contributed by atoms with E-state index in [4.69, 9.17) is 19.5 Å². The molecule has 5 nitrogen and oxygen atoms in total. The number of fused-ring (bicyclic) bond motifs is 4. The van der Waals surface area contributed by atoms with Crippen LogP contribution in [0.25, 0.3) is 33.3 Å². The Morgan fingerprint density at radius 2 is 1.83 bits per heavy atom. The van der Waals surface area contributed by atoms with Crippen LogP contribution in [0.1, 0.15) is 33.6 Å². The lowest BCUT2D eigenvalue weighted by atomic mass is 10.0. The van der Waals surface area contributed by atoms with Crippen LogP contribution in [-0.2, 0) is 0 Å². The summed E-state index contributed by atoms with van der Waals surface area (Å²) in [5.74, 6) is 1.42. The van der Waals surface area contributed by atoms with Crippen molar-refractivity contribution in [2.24, 2.45) is 0 Å². The van der Waals surface area contributed by atoms with Crippen molar-refractivity contribution < 1.29 is 9.15 Å². The molecule has 0 radical (unpaired) electrons. The fourth-order valence-electron chi connectivity index (χ4n) is 3.68. The number of unbranched alkanes of at least 4 members (excludes halogenated alkanes) is 1. The lowest BCUT2D eigenvalue weighted by Gasteiger charge is -2.21. The number of ether oxygens (including phenoxy) is 1. The van der Waals surface area contributed by atoms with Gasteiger partial charge in [-0.1, -0.05) is 13.3 Å². The third kappa shape index (κ3) is 3.65. The van der Waals surface area contributed by atoms with E-state index in [9.17, 15) is 0 Å². The van der Waals surface area contributed by atoms with Gasteiger partial charge in [0.15, 0.2) is 11.3 Å². The third-order valence-corrected chi connectivity index (χ3v) is 5.34. The topological polar surface area (TPSA) is 62.4 Å². The normalized spacial score (nSPS) is 11.4. The zero-order chi connectivity index (χ0) is 20.4. The molecule has 0 saturated heterocycles. The Labute approximate surface area is 170 Å². The molecule has 0 spiro atoms. The highest BCUT2D eigenvalue weighted by Gasteiger charge is 2.16. The Balaban J connectivity index is 1.84. The van der Waals surface area contributed by atoms with Gasteiger partial charge in [-0.15, -0.1) is 0 Å². The summed E-state index contributed by atoms with van der Waals surface area (Å²) in [4.78, 5) is 7.14. The van der Waals surface area contributed by atoms with E-state index in [1.54, 1.807) is 6.07 Å². The van der Waals surface area contributed by atoms with Gasteiger partial charge in [-0.05, 0) is 50.6 Å². The van der Waals surface area contributed by atoms with Gasteiger partial charge in [0.1, 0.15) is 17.0 Å². The van der Waals surface area contributed by atoms with Crippen LogP contribution in [-0.4, -0.2) is 24.7 Å². The fraction of sp³-hybridized carbons (Fsp3) is 0.333. The maximum absolute atomic E-state index is 8.48. The van der Waals surface area contributed by atoms with Crippen molar-refractivity contribution in [2.75, 3.05) is 24.6 Å². The Kier molecular flexibility index (Phi) is 5.38. The molecule has 0 saturated carbocycles. The minimum absolute atomic E-state index is 0.415. The number of aromatic nitrogens is 1. The van der Waals surface area contributed by atoms with Gasteiger partial charge in [-0.2, -0.15) is 0 Å². The number of nitrogens with one attached hydrogen (secondary N) is 1. The Hall–Kier alpha value is -3.08. The van der Waals surface area contributed by atoms with E-state index < -0.39 is 0 Å². The Morgan fingerprint density at radius 3 is 2.59 bits per heavy atom. The molecule has 2 aliphatic rings. The number of hydrogen-bond donors (Lipinski definition) is 1. The largest absolute Gasteiger partial charge is 0.494 e. The molecule has 0 fully saturated rings. The summed E-state index contributed by atoms with van der Waals surface area (Å²) in [7, 11) is 0. The van der Waals surface area contributed by atoms with Gasteiger partial charge in [0, 0.05) is 41.7 Å². The van der Waals surface area contributed by atoms with Crippen LogP contribution in [0.3, 0.4) is 0 Å². The quantitative estimate of drug-likeness (QED) is 0.254. The van der Waals surface area contributed by atoms with Crippen LogP contribution < -0.4 is 15.0 Å². The highest BCUT2D eigenvalue weighted by Crippen LogP contribution is 2.33. The van der Waals surface area contributed by atoms with E-state index in [-0.39, 0.29) is 0 Å². The van der Waals surface area contributed by atoms with Crippen molar-refractivity contribution in [1.82, 2.24) is 4.98 Å². The lowest BCUT2D eigenvalue weighted by molar-refractivity contribution is 0.310. The molecule has 0 aromatic heterocycles. The van der Waals surface area contributed by atoms with Crippen LogP contribution >= 0.6 is 0 Å². The number of hydrogen-bond acceptors (Lipinski definition) is 5. The van der Waals surface area contributed by atoms with Gasteiger partial charge in [-0.25, -0.2) is 4.98 Å². The van der Waals surface area contributed by atoms with Crippen LogP contribution in [0.2, 0.25) is 0 Å². The first-order valence-corrected chi connectivity index (χ1v) is 10.4. The SMILES string of the molecule is CCCCOc1ccc2c3nc4ccc(N(CC)CC)cc4oc-3cc(=N)c2c1. The molecule has 29 heavy (non-hydrogen) atoms. The molecule has 0 atom stereocenters. The van der Waals surface area contributed by atoms with Gasteiger partial charge in [0.05, 0.1) is 12.0 Å². The average Bonchev–Trinajstić information content (AvgIpc) is 2.74. The lowest BCUT2D eigenvalue weighted by Crippen LogP contribution is -2.21. The minimum Gasteiger partial charge on any atom is -0.494 e. The monoisotopic (exact) mass is 389 g/mol.